The molecule has 0 unspecified atom stereocenters. The number of rotatable bonds is 4. The molecule has 0 spiro atoms. The molecule has 0 atom stereocenters. The van der Waals surface area contributed by atoms with E-state index in [2.05, 4.69) is 17.8 Å². The number of nitro benzene ring substituents is 2. The fraction of sp³-hybridized carbons (Fsp3) is 0.250. The fourth-order valence-electron chi connectivity index (χ4n) is 2.48. The average Bonchev–Trinajstić information content (AvgIpc) is 3.08. The molecule has 1 aromatic carbocycles. The third kappa shape index (κ3) is 5.05. The predicted octanol–water partition coefficient (Wildman–Crippen LogP) is 3.72. The summed E-state index contributed by atoms with van der Waals surface area (Å²) < 4.78 is 5.27. The fourth-order valence-corrected chi connectivity index (χ4v) is 2.48. The van der Waals surface area contributed by atoms with Crippen molar-refractivity contribution in [3.63, 3.8) is 0 Å². The van der Waals surface area contributed by atoms with Crippen LogP contribution in [0, 0.1) is 44.4 Å². The van der Waals surface area contributed by atoms with Crippen LogP contribution in [-0.2, 0) is 4.74 Å². The van der Waals surface area contributed by atoms with Crippen LogP contribution in [0.2, 0.25) is 0 Å². The molecule has 0 saturated carbocycles. The van der Waals surface area contributed by atoms with Crippen LogP contribution in [0.5, 0.6) is 0 Å². The average molecular weight is 380 g/mol. The lowest BCUT2D eigenvalue weighted by Gasteiger charge is -2.18. The number of hydrogen-bond acceptors (Lipinski definition) is 6. The Morgan fingerprint density at radius 2 is 1.82 bits per heavy atom. The Bertz CT molecular complexity index is 983. The third-order valence-electron chi connectivity index (χ3n) is 3.79. The molecule has 142 valence electrons. The summed E-state index contributed by atoms with van der Waals surface area (Å²) >= 11 is 0. The highest BCUT2D eigenvalue weighted by atomic mass is 16.6. The molecular weight excluding hydrogens is 364 g/mol. The van der Waals surface area contributed by atoms with Crippen molar-refractivity contribution in [1.29, 1.82) is 0 Å². The first-order valence-electron chi connectivity index (χ1n) is 8.19. The first-order chi connectivity index (χ1) is 13.1. The van der Waals surface area contributed by atoms with E-state index >= 15 is 0 Å². The number of nitro groups is 2. The molecule has 8 heteroatoms. The van der Waals surface area contributed by atoms with Crippen molar-refractivity contribution in [2.45, 2.75) is 32.3 Å². The van der Waals surface area contributed by atoms with Crippen LogP contribution in [0.1, 0.15) is 37.0 Å². The van der Waals surface area contributed by atoms with Gasteiger partial charge in [0.2, 0.25) is 0 Å². The Balaban J connectivity index is 2.22. The molecule has 1 aliphatic carbocycles. The van der Waals surface area contributed by atoms with Crippen molar-refractivity contribution in [2.24, 2.45) is 0 Å². The van der Waals surface area contributed by atoms with Gasteiger partial charge in [0.1, 0.15) is 0 Å². The van der Waals surface area contributed by atoms with E-state index in [0.29, 0.717) is 0 Å². The summed E-state index contributed by atoms with van der Waals surface area (Å²) in [5.74, 6) is 7.20. The number of esters is 1. The Labute approximate surface area is 161 Å². The van der Waals surface area contributed by atoms with Crippen LogP contribution < -0.4 is 0 Å². The van der Waals surface area contributed by atoms with E-state index < -0.39 is 32.8 Å². The van der Waals surface area contributed by atoms with Crippen molar-refractivity contribution in [3.05, 3.63) is 67.3 Å². The van der Waals surface area contributed by atoms with Crippen LogP contribution in [-0.4, -0.2) is 21.4 Å². The topological polar surface area (TPSA) is 113 Å². The standard InChI is InChI=1S/C20H16N2O6/c1-4-14-7-5-8-15(14)9-6-10-20(2,3)28-19(23)16-11-17(21(24)25)13-18(12-16)22(26)27/h1,7,9,11-13H,5,8H2,2-3H3/b15-9-. The van der Waals surface area contributed by atoms with E-state index in [1.54, 1.807) is 6.08 Å². The van der Waals surface area contributed by atoms with Gasteiger partial charge < -0.3 is 4.74 Å². The molecule has 0 N–H and O–H groups in total. The molecule has 0 amide bonds. The van der Waals surface area contributed by atoms with Gasteiger partial charge in [-0.3, -0.25) is 20.2 Å². The zero-order valence-electron chi connectivity index (χ0n) is 15.2. The number of ether oxygens (including phenoxy) is 1. The van der Waals surface area contributed by atoms with E-state index in [4.69, 9.17) is 11.2 Å². The molecular formula is C20H16N2O6. The van der Waals surface area contributed by atoms with Gasteiger partial charge in [0, 0.05) is 17.7 Å². The monoisotopic (exact) mass is 380 g/mol. The first-order valence-corrected chi connectivity index (χ1v) is 8.19. The van der Waals surface area contributed by atoms with Gasteiger partial charge >= 0.3 is 5.97 Å². The Morgan fingerprint density at radius 3 is 2.36 bits per heavy atom. The number of carbonyl (C=O) groups is 1. The molecule has 0 fully saturated rings. The lowest BCUT2D eigenvalue weighted by Crippen LogP contribution is -2.26. The van der Waals surface area contributed by atoms with Crippen LogP contribution >= 0.6 is 0 Å². The van der Waals surface area contributed by atoms with Crippen LogP contribution in [0.3, 0.4) is 0 Å². The highest BCUT2D eigenvalue weighted by molar-refractivity contribution is 5.91. The second kappa shape index (κ2) is 8.19. The molecule has 1 aliphatic rings. The van der Waals surface area contributed by atoms with Gasteiger partial charge in [0.25, 0.3) is 11.4 Å². The maximum atomic E-state index is 12.3. The van der Waals surface area contributed by atoms with Crippen molar-refractivity contribution in [3.8, 4) is 24.2 Å². The van der Waals surface area contributed by atoms with Gasteiger partial charge in [-0.15, -0.1) is 6.42 Å². The quantitative estimate of drug-likeness (QED) is 0.340. The summed E-state index contributed by atoms with van der Waals surface area (Å²) in [5.41, 5.74) is -0.984. The van der Waals surface area contributed by atoms with Gasteiger partial charge in [0.15, 0.2) is 5.60 Å². The number of terminal acetylenes is 1. The van der Waals surface area contributed by atoms with Gasteiger partial charge in [0.05, 0.1) is 21.5 Å². The zero-order valence-corrected chi connectivity index (χ0v) is 15.2. The Morgan fingerprint density at radius 1 is 1.21 bits per heavy atom. The number of non-ortho nitro benzene ring substituents is 2. The largest absolute Gasteiger partial charge is 0.443 e. The number of benzene rings is 1. The van der Waals surface area contributed by atoms with E-state index in [-0.39, 0.29) is 5.56 Å². The van der Waals surface area contributed by atoms with E-state index in [9.17, 15) is 25.0 Å². The predicted molar refractivity (Wildman–Crippen MR) is 101 cm³/mol. The van der Waals surface area contributed by atoms with Gasteiger partial charge in [-0.25, -0.2) is 4.79 Å². The lowest BCUT2D eigenvalue weighted by atomic mass is 10.1. The highest BCUT2D eigenvalue weighted by Crippen LogP contribution is 2.25. The summed E-state index contributed by atoms with van der Waals surface area (Å²) in [4.78, 5) is 32.6. The molecule has 0 bridgehead atoms. The minimum absolute atomic E-state index is 0.303. The number of hydrogen-bond donors (Lipinski definition) is 0. The van der Waals surface area contributed by atoms with Crippen molar-refractivity contribution < 1.29 is 19.4 Å². The molecule has 0 heterocycles. The molecule has 0 aliphatic heterocycles. The normalized spacial score (nSPS) is 14.5. The maximum Gasteiger partial charge on any atom is 0.340 e. The lowest BCUT2D eigenvalue weighted by molar-refractivity contribution is -0.394. The summed E-state index contributed by atoms with van der Waals surface area (Å²) in [6.45, 7) is 3.07. The molecule has 2 rings (SSSR count). The van der Waals surface area contributed by atoms with Crippen molar-refractivity contribution in [1.82, 2.24) is 0 Å². The summed E-state index contributed by atoms with van der Waals surface area (Å²) in [5, 5.41) is 21.9. The summed E-state index contributed by atoms with van der Waals surface area (Å²) in [7, 11) is 0. The van der Waals surface area contributed by atoms with Gasteiger partial charge in [-0.1, -0.05) is 23.8 Å². The second-order valence-corrected chi connectivity index (χ2v) is 6.39. The van der Waals surface area contributed by atoms with Gasteiger partial charge in [-0.05, 0) is 38.3 Å². The minimum atomic E-state index is -1.23. The van der Waals surface area contributed by atoms with E-state index in [0.717, 1.165) is 42.2 Å². The number of carbonyl (C=O) groups excluding carboxylic acids is 1. The first kappa shape index (κ1) is 20.4. The van der Waals surface area contributed by atoms with Gasteiger partial charge in [-0.2, -0.15) is 0 Å². The van der Waals surface area contributed by atoms with Crippen molar-refractivity contribution in [2.75, 3.05) is 0 Å². The second-order valence-electron chi connectivity index (χ2n) is 6.39. The highest BCUT2D eigenvalue weighted by Gasteiger charge is 2.25. The van der Waals surface area contributed by atoms with Crippen LogP contribution in [0.15, 0.2) is 41.5 Å². The smallest absolute Gasteiger partial charge is 0.340 e. The summed E-state index contributed by atoms with van der Waals surface area (Å²) in [6, 6.07) is 2.61. The molecule has 0 saturated heterocycles. The Kier molecular flexibility index (Phi) is 5.97. The molecule has 8 nitrogen and oxygen atoms in total. The zero-order chi connectivity index (χ0) is 20.9. The SMILES string of the molecule is C#CC1=CCC/C1=C/C#CC(C)(C)OC(=O)c1cc([N+](=O)[O-])cc([N+](=O)[O-])c1. The molecule has 0 aromatic heterocycles. The number of allylic oxidation sites excluding steroid dienone is 4. The minimum Gasteiger partial charge on any atom is -0.443 e. The summed E-state index contributed by atoms with van der Waals surface area (Å²) in [6.07, 6.45) is 10.6. The van der Waals surface area contributed by atoms with E-state index in [1.165, 1.54) is 13.8 Å². The Hall–Kier alpha value is -3.91. The molecule has 28 heavy (non-hydrogen) atoms. The van der Waals surface area contributed by atoms with Crippen LogP contribution in [0.4, 0.5) is 11.4 Å². The van der Waals surface area contributed by atoms with Crippen molar-refractivity contribution >= 4 is 17.3 Å². The van der Waals surface area contributed by atoms with E-state index in [1.807, 2.05) is 6.08 Å². The number of nitrogens with zero attached hydrogens (tertiary/aromatic N) is 2. The maximum absolute atomic E-state index is 12.3. The molecule has 0 radical (unpaired) electrons. The van der Waals surface area contributed by atoms with Crippen LogP contribution in [0.25, 0.3) is 0 Å². The third-order valence-corrected chi connectivity index (χ3v) is 3.79. The molecule has 1 aromatic rings.